The molecule has 0 aliphatic heterocycles. The fourth-order valence-electron chi connectivity index (χ4n) is 0.648. The third-order valence-corrected chi connectivity index (χ3v) is 2.90. The molecule has 0 N–H and O–H groups in total. The third-order valence-electron chi connectivity index (χ3n) is 1.16. The first-order valence-corrected chi connectivity index (χ1v) is 5.23. The smallest absolute Gasteiger partial charge is 0.134 e. The van der Waals surface area contributed by atoms with Gasteiger partial charge in [-0.2, -0.15) is 5.26 Å². The molecule has 0 spiro atoms. The molecular formula is C7H7N3S2. The van der Waals surface area contributed by atoms with Crippen LogP contribution in [-0.4, -0.2) is 15.1 Å². The summed E-state index contributed by atoms with van der Waals surface area (Å²) in [5, 5.41) is 11.9. The number of nitrogens with zero attached hydrogens (tertiary/aromatic N) is 3. The monoisotopic (exact) mass is 197 g/mol. The minimum Gasteiger partial charge on any atom is -0.257 e. The SMILES string of the molecule is Cc1nccnc1SCSC#N. The first-order valence-electron chi connectivity index (χ1n) is 3.26. The number of thioether (sulfide) groups is 2. The molecule has 1 aromatic rings. The summed E-state index contributed by atoms with van der Waals surface area (Å²) in [5.74, 6) is 0. The van der Waals surface area contributed by atoms with Crippen LogP contribution in [0.5, 0.6) is 0 Å². The van der Waals surface area contributed by atoms with Gasteiger partial charge in [-0.3, -0.25) is 4.98 Å². The van der Waals surface area contributed by atoms with E-state index in [0.29, 0.717) is 5.08 Å². The average Bonchev–Trinajstić information content (AvgIpc) is 2.09. The molecule has 0 amide bonds. The van der Waals surface area contributed by atoms with Crippen LogP contribution < -0.4 is 0 Å². The number of hydrogen-bond donors (Lipinski definition) is 0. The molecule has 0 unspecified atom stereocenters. The van der Waals surface area contributed by atoms with Gasteiger partial charge in [-0.25, -0.2) is 4.98 Å². The maximum Gasteiger partial charge on any atom is 0.134 e. The van der Waals surface area contributed by atoms with E-state index in [9.17, 15) is 0 Å². The molecule has 0 aromatic carbocycles. The van der Waals surface area contributed by atoms with Gasteiger partial charge in [0.15, 0.2) is 0 Å². The van der Waals surface area contributed by atoms with Gasteiger partial charge in [0.2, 0.25) is 0 Å². The number of hydrogen-bond acceptors (Lipinski definition) is 5. The van der Waals surface area contributed by atoms with Crippen LogP contribution in [0.1, 0.15) is 5.69 Å². The van der Waals surface area contributed by atoms with E-state index in [-0.39, 0.29) is 0 Å². The number of thiocyanates is 1. The molecular weight excluding hydrogens is 190 g/mol. The largest absolute Gasteiger partial charge is 0.257 e. The molecule has 0 saturated carbocycles. The summed E-state index contributed by atoms with van der Waals surface area (Å²) in [7, 11) is 0. The van der Waals surface area contributed by atoms with Crippen molar-refractivity contribution >= 4 is 23.5 Å². The van der Waals surface area contributed by atoms with Gasteiger partial charge in [-0.05, 0) is 18.7 Å². The van der Waals surface area contributed by atoms with Crippen LogP contribution >= 0.6 is 23.5 Å². The molecule has 0 bridgehead atoms. The van der Waals surface area contributed by atoms with Gasteiger partial charge in [0, 0.05) is 12.4 Å². The lowest BCUT2D eigenvalue weighted by molar-refractivity contribution is 0.988. The Balaban J connectivity index is 2.53. The van der Waals surface area contributed by atoms with Crippen molar-refractivity contribution in [3.05, 3.63) is 18.1 Å². The highest BCUT2D eigenvalue weighted by Crippen LogP contribution is 2.21. The summed E-state index contributed by atoms with van der Waals surface area (Å²) in [6, 6.07) is 0. The summed E-state index contributed by atoms with van der Waals surface area (Å²) in [4.78, 5) is 8.21. The van der Waals surface area contributed by atoms with Gasteiger partial charge in [0.05, 0.1) is 10.8 Å². The Hall–Kier alpha value is -0.730. The van der Waals surface area contributed by atoms with Gasteiger partial charge in [-0.1, -0.05) is 11.8 Å². The van der Waals surface area contributed by atoms with E-state index in [4.69, 9.17) is 5.26 Å². The number of rotatable bonds is 3. The van der Waals surface area contributed by atoms with Crippen LogP contribution in [0.25, 0.3) is 0 Å². The van der Waals surface area contributed by atoms with Crippen molar-refractivity contribution in [3.63, 3.8) is 0 Å². The quantitative estimate of drug-likeness (QED) is 0.321. The molecule has 1 heterocycles. The second kappa shape index (κ2) is 5.01. The summed E-state index contributed by atoms with van der Waals surface area (Å²) < 4.78 is 0. The first kappa shape index (κ1) is 9.36. The highest BCUT2D eigenvalue weighted by molar-refractivity contribution is 8.18. The van der Waals surface area contributed by atoms with Crippen molar-refractivity contribution < 1.29 is 0 Å². The van der Waals surface area contributed by atoms with Crippen LogP contribution in [-0.2, 0) is 0 Å². The van der Waals surface area contributed by atoms with E-state index in [0.717, 1.165) is 10.7 Å². The van der Waals surface area contributed by atoms with Gasteiger partial charge in [-0.15, -0.1) is 0 Å². The van der Waals surface area contributed by atoms with Crippen LogP contribution in [0.2, 0.25) is 0 Å². The van der Waals surface area contributed by atoms with Crippen molar-refractivity contribution in [3.8, 4) is 5.40 Å². The number of aromatic nitrogens is 2. The van der Waals surface area contributed by atoms with E-state index in [1.807, 2.05) is 12.3 Å². The van der Waals surface area contributed by atoms with Gasteiger partial charge < -0.3 is 0 Å². The van der Waals surface area contributed by atoms with E-state index < -0.39 is 0 Å². The van der Waals surface area contributed by atoms with Gasteiger partial charge >= 0.3 is 0 Å². The van der Waals surface area contributed by atoms with E-state index >= 15 is 0 Å². The highest BCUT2D eigenvalue weighted by Gasteiger charge is 1.99. The van der Waals surface area contributed by atoms with Gasteiger partial charge in [0.25, 0.3) is 0 Å². The molecule has 0 aliphatic rings. The maximum absolute atomic E-state index is 8.28. The molecule has 1 rings (SSSR count). The molecule has 1 aromatic heterocycles. The van der Waals surface area contributed by atoms with E-state index in [1.54, 1.807) is 12.4 Å². The predicted octanol–water partition coefficient (Wildman–Crippen LogP) is 2.05. The average molecular weight is 197 g/mol. The number of aryl methyl sites for hydroxylation is 1. The molecule has 62 valence electrons. The minimum absolute atomic E-state index is 0.704. The molecule has 5 heteroatoms. The Morgan fingerprint density at radius 3 is 2.92 bits per heavy atom. The van der Waals surface area contributed by atoms with Crippen LogP contribution in [0.3, 0.4) is 0 Å². The standard InChI is InChI=1S/C7H7N3S2/c1-6-7(10-3-2-9-6)12-5-11-4-8/h2-3H,5H2,1H3. The van der Waals surface area contributed by atoms with Crippen LogP contribution in [0, 0.1) is 17.6 Å². The lowest BCUT2D eigenvalue weighted by atomic mass is 10.5. The molecule has 0 radical (unpaired) electrons. The second-order valence-electron chi connectivity index (χ2n) is 1.94. The fraction of sp³-hybridized carbons (Fsp3) is 0.286. The number of nitriles is 1. The molecule has 0 atom stereocenters. The van der Waals surface area contributed by atoms with E-state index in [2.05, 4.69) is 9.97 Å². The Morgan fingerprint density at radius 2 is 2.25 bits per heavy atom. The van der Waals surface area contributed by atoms with Crippen molar-refractivity contribution in [1.82, 2.24) is 9.97 Å². The fourth-order valence-corrected chi connectivity index (χ4v) is 1.94. The predicted molar refractivity (Wildman–Crippen MR) is 50.7 cm³/mol. The normalized spacial score (nSPS) is 9.33. The van der Waals surface area contributed by atoms with Gasteiger partial charge in [0.1, 0.15) is 10.4 Å². The topological polar surface area (TPSA) is 49.6 Å². The molecule has 0 aliphatic carbocycles. The van der Waals surface area contributed by atoms with Crippen LogP contribution in [0.4, 0.5) is 0 Å². The molecule has 0 saturated heterocycles. The summed E-state index contributed by atoms with van der Waals surface area (Å²) in [5.41, 5.74) is 0.918. The summed E-state index contributed by atoms with van der Waals surface area (Å²) in [6.07, 6.45) is 3.32. The zero-order valence-corrected chi connectivity index (χ0v) is 8.15. The van der Waals surface area contributed by atoms with Crippen molar-refractivity contribution in [2.75, 3.05) is 5.08 Å². The lowest BCUT2D eigenvalue weighted by Gasteiger charge is -1.99. The van der Waals surface area contributed by atoms with E-state index in [1.165, 1.54) is 23.5 Å². The van der Waals surface area contributed by atoms with Crippen molar-refractivity contribution in [1.29, 1.82) is 5.26 Å². The Morgan fingerprint density at radius 1 is 1.50 bits per heavy atom. The lowest BCUT2D eigenvalue weighted by Crippen LogP contribution is -1.87. The Bertz CT molecular complexity index is 295. The zero-order valence-electron chi connectivity index (χ0n) is 6.52. The maximum atomic E-state index is 8.28. The minimum atomic E-state index is 0.704. The van der Waals surface area contributed by atoms with Crippen molar-refractivity contribution in [2.24, 2.45) is 0 Å². The Kier molecular flexibility index (Phi) is 3.91. The van der Waals surface area contributed by atoms with Crippen molar-refractivity contribution in [2.45, 2.75) is 11.9 Å². The molecule has 0 fully saturated rings. The summed E-state index contributed by atoms with van der Waals surface area (Å²) >= 11 is 2.75. The summed E-state index contributed by atoms with van der Waals surface area (Å²) in [6.45, 7) is 1.91. The second-order valence-corrected chi connectivity index (χ2v) is 4.03. The molecule has 12 heavy (non-hydrogen) atoms. The Labute approximate surface area is 79.6 Å². The highest BCUT2D eigenvalue weighted by atomic mass is 32.2. The zero-order chi connectivity index (χ0) is 8.81. The van der Waals surface area contributed by atoms with Crippen LogP contribution in [0.15, 0.2) is 17.4 Å². The third kappa shape index (κ3) is 2.72. The molecule has 3 nitrogen and oxygen atoms in total. The first-order chi connectivity index (χ1) is 5.84.